The van der Waals surface area contributed by atoms with Crippen molar-refractivity contribution in [1.29, 1.82) is 0 Å². The molecule has 0 aromatic rings. The number of hydrogen-bond acceptors (Lipinski definition) is 2. The van der Waals surface area contributed by atoms with Crippen molar-refractivity contribution in [1.82, 2.24) is 5.32 Å². The molecule has 2 heteroatoms. The topological polar surface area (TPSA) is 38.0 Å². The summed E-state index contributed by atoms with van der Waals surface area (Å²) in [4.78, 5) is 0. The van der Waals surface area contributed by atoms with Crippen LogP contribution in [-0.2, 0) is 0 Å². The van der Waals surface area contributed by atoms with Crippen LogP contribution in [-0.4, -0.2) is 19.6 Å². The minimum absolute atomic E-state index is 0.850. The molecule has 0 spiro atoms. The minimum Gasteiger partial charge on any atom is -0.330 e. The summed E-state index contributed by atoms with van der Waals surface area (Å²) in [5.74, 6) is 1.72. The molecule has 0 bridgehead atoms. The van der Waals surface area contributed by atoms with Gasteiger partial charge in [0.05, 0.1) is 0 Å². The second-order valence-electron chi connectivity index (χ2n) is 6.34. The smallest absolute Gasteiger partial charge is 0.00488 e. The molecule has 0 heterocycles. The van der Waals surface area contributed by atoms with Gasteiger partial charge in [-0.1, -0.05) is 52.9 Å². The molecule has 0 aliphatic rings. The van der Waals surface area contributed by atoms with Gasteiger partial charge in [0, 0.05) is 0 Å². The first-order valence-electron chi connectivity index (χ1n) is 8.61. The average Bonchev–Trinajstić information content (AvgIpc) is 2.39. The maximum Gasteiger partial charge on any atom is -0.00488 e. The molecule has 116 valence electrons. The van der Waals surface area contributed by atoms with Crippen molar-refractivity contribution >= 4 is 0 Å². The zero-order valence-corrected chi connectivity index (χ0v) is 13.7. The molecule has 0 aliphatic heterocycles. The van der Waals surface area contributed by atoms with Crippen LogP contribution in [0.3, 0.4) is 0 Å². The van der Waals surface area contributed by atoms with Gasteiger partial charge >= 0.3 is 0 Å². The van der Waals surface area contributed by atoms with Crippen LogP contribution >= 0.6 is 0 Å². The van der Waals surface area contributed by atoms with Gasteiger partial charge in [-0.2, -0.15) is 0 Å². The average molecular weight is 271 g/mol. The highest BCUT2D eigenvalue weighted by Crippen LogP contribution is 2.13. The number of nitrogens with two attached hydrogens (primary N) is 1. The molecule has 0 rings (SSSR count). The van der Waals surface area contributed by atoms with Crippen molar-refractivity contribution in [3.63, 3.8) is 0 Å². The Bertz CT molecular complexity index is 169. The molecule has 0 radical (unpaired) electrons. The Labute approximate surface area is 121 Å². The highest BCUT2D eigenvalue weighted by atomic mass is 14.8. The van der Waals surface area contributed by atoms with E-state index in [0.29, 0.717) is 0 Å². The van der Waals surface area contributed by atoms with Crippen LogP contribution in [0.15, 0.2) is 0 Å². The van der Waals surface area contributed by atoms with Gasteiger partial charge in [0.15, 0.2) is 0 Å². The van der Waals surface area contributed by atoms with E-state index >= 15 is 0 Å². The standard InChI is InChI=1S/C17H38N2/c1-4-17(12-13-18)11-9-15-19-14-8-6-5-7-10-16(2)3/h16-17,19H,4-15,18H2,1-3H3. The third kappa shape index (κ3) is 14.1. The largest absolute Gasteiger partial charge is 0.330 e. The quantitative estimate of drug-likeness (QED) is 0.461. The van der Waals surface area contributed by atoms with Gasteiger partial charge in [-0.15, -0.1) is 0 Å². The number of hydrogen-bond donors (Lipinski definition) is 2. The van der Waals surface area contributed by atoms with Gasteiger partial charge in [0.2, 0.25) is 0 Å². The lowest BCUT2D eigenvalue weighted by Crippen LogP contribution is -2.18. The van der Waals surface area contributed by atoms with E-state index in [1.54, 1.807) is 0 Å². The molecule has 0 saturated carbocycles. The first-order valence-corrected chi connectivity index (χ1v) is 8.61. The predicted octanol–water partition coefficient (Wildman–Crippen LogP) is 4.34. The van der Waals surface area contributed by atoms with E-state index in [4.69, 9.17) is 5.73 Å². The van der Waals surface area contributed by atoms with Crippen LogP contribution in [0.4, 0.5) is 0 Å². The molecule has 0 saturated heterocycles. The van der Waals surface area contributed by atoms with Gasteiger partial charge in [0.1, 0.15) is 0 Å². The molecule has 1 atom stereocenters. The SMILES string of the molecule is CCC(CCN)CCCNCCCCCCC(C)C. The fourth-order valence-corrected chi connectivity index (χ4v) is 2.59. The molecule has 0 aromatic carbocycles. The molecule has 0 fully saturated rings. The molecule has 0 aliphatic carbocycles. The van der Waals surface area contributed by atoms with Crippen LogP contribution in [0.1, 0.15) is 78.6 Å². The summed E-state index contributed by atoms with van der Waals surface area (Å²) in [6.07, 6.45) is 12.1. The van der Waals surface area contributed by atoms with Crippen LogP contribution in [0, 0.1) is 11.8 Å². The fraction of sp³-hybridized carbons (Fsp3) is 1.00. The van der Waals surface area contributed by atoms with Crippen LogP contribution in [0.5, 0.6) is 0 Å². The third-order valence-corrected chi connectivity index (χ3v) is 4.00. The van der Waals surface area contributed by atoms with Crippen molar-refractivity contribution in [3.8, 4) is 0 Å². The summed E-state index contributed by atoms with van der Waals surface area (Å²) in [5, 5.41) is 3.58. The lowest BCUT2D eigenvalue weighted by atomic mass is 9.97. The number of rotatable bonds is 14. The van der Waals surface area contributed by atoms with Crippen LogP contribution in [0.2, 0.25) is 0 Å². The monoisotopic (exact) mass is 270 g/mol. The maximum atomic E-state index is 5.62. The molecule has 1 unspecified atom stereocenters. The second-order valence-corrected chi connectivity index (χ2v) is 6.34. The lowest BCUT2D eigenvalue weighted by molar-refractivity contribution is 0.421. The van der Waals surface area contributed by atoms with E-state index in [1.165, 1.54) is 70.9 Å². The lowest BCUT2D eigenvalue weighted by Gasteiger charge is -2.13. The van der Waals surface area contributed by atoms with Crippen molar-refractivity contribution in [3.05, 3.63) is 0 Å². The summed E-state index contributed by atoms with van der Waals surface area (Å²) in [6, 6.07) is 0. The van der Waals surface area contributed by atoms with Crippen LogP contribution in [0.25, 0.3) is 0 Å². The minimum atomic E-state index is 0.850. The zero-order chi connectivity index (χ0) is 14.3. The summed E-state index contributed by atoms with van der Waals surface area (Å²) in [5.41, 5.74) is 5.62. The number of unbranched alkanes of at least 4 members (excludes halogenated alkanes) is 3. The Kier molecular flexibility index (Phi) is 14.3. The van der Waals surface area contributed by atoms with Gasteiger partial charge < -0.3 is 11.1 Å². The normalized spacial score (nSPS) is 13.1. The van der Waals surface area contributed by atoms with Gasteiger partial charge in [-0.25, -0.2) is 0 Å². The molecular weight excluding hydrogens is 232 g/mol. The highest BCUT2D eigenvalue weighted by molar-refractivity contribution is 4.59. The first-order chi connectivity index (χ1) is 9.20. The van der Waals surface area contributed by atoms with Gasteiger partial charge in [-0.3, -0.25) is 0 Å². The van der Waals surface area contributed by atoms with E-state index in [-0.39, 0.29) is 0 Å². The summed E-state index contributed by atoms with van der Waals surface area (Å²) in [6.45, 7) is 10.2. The van der Waals surface area contributed by atoms with Gasteiger partial charge in [0.25, 0.3) is 0 Å². The van der Waals surface area contributed by atoms with Crippen molar-refractivity contribution < 1.29 is 0 Å². The van der Waals surface area contributed by atoms with E-state index in [1.807, 2.05) is 0 Å². The molecule has 2 nitrogen and oxygen atoms in total. The Morgan fingerprint density at radius 3 is 2.16 bits per heavy atom. The Hall–Kier alpha value is -0.0800. The highest BCUT2D eigenvalue weighted by Gasteiger charge is 2.04. The Morgan fingerprint density at radius 2 is 1.53 bits per heavy atom. The molecular formula is C17H38N2. The molecule has 3 N–H and O–H groups in total. The first kappa shape index (κ1) is 18.9. The predicted molar refractivity (Wildman–Crippen MR) is 87.5 cm³/mol. The van der Waals surface area contributed by atoms with Crippen LogP contribution < -0.4 is 11.1 Å². The second kappa shape index (κ2) is 14.3. The van der Waals surface area contributed by atoms with E-state index in [9.17, 15) is 0 Å². The Balaban J connectivity index is 3.14. The van der Waals surface area contributed by atoms with Crippen molar-refractivity contribution in [2.45, 2.75) is 78.6 Å². The molecule has 0 amide bonds. The van der Waals surface area contributed by atoms with E-state index < -0.39 is 0 Å². The summed E-state index contributed by atoms with van der Waals surface area (Å²) in [7, 11) is 0. The zero-order valence-electron chi connectivity index (χ0n) is 13.7. The molecule has 19 heavy (non-hydrogen) atoms. The summed E-state index contributed by atoms with van der Waals surface area (Å²) >= 11 is 0. The Morgan fingerprint density at radius 1 is 0.842 bits per heavy atom. The van der Waals surface area contributed by atoms with Gasteiger partial charge in [-0.05, 0) is 57.2 Å². The van der Waals surface area contributed by atoms with Crippen molar-refractivity contribution in [2.75, 3.05) is 19.6 Å². The summed E-state index contributed by atoms with van der Waals surface area (Å²) < 4.78 is 0. The maximum absolute atomic E-state index is 5.62. The number of nitrogens with one attached hydrogen (secondary N) is 1. The fourth-order valence-electron chi connectivity index (χ4n) is 2.59. The van der Waals surface area contributed by atoms with E-state index in [2.05, 4.69) is 26.1 Å². The molecule has 0 aromatic heterocycles. The van der Waals surface area contributed by atoms with E-state index in [0.717, 1.165) is 18.4 Å². The third-order valence-electron chi connectivity index (χ3n) is 4.00. The van der Waals surface area contributed by atoms with Crippen molar-refractivity contribution in [2.24, 2.45) is 17.6 Å².